The second-order valence-corrected chi connectivity index (χ2v) is 5.26. The van der Waals surface area contributed by atoms with Gasteiger partial charge in [-0.05, 0) is 0 Å². The minimum atomic E-state index is -0.645. The van der Waals surface area contributed by atoms with E-state index in [9.17, 15) is 28.8 Å². The summed E-state index contributed by atoms with van der Waals surface area (Å²) >= 11 is 0. The number of amides is 4. The fraction of sp³-hybridized carbons (Fsp3) is 0.375. The van der Waals surface area contributed by atoms with Gasteiger partial charge in [0.2, 0.25) is 0 Å². The molecule has 2 aliphatic heterocycles. The van der Waals surface area contributed by atoms with E-state index in [1.54, 1.807) is 0 Å². The molecule has 10 heteroatoms. The Morgan fingerprint density at radius 3 is 1.27 bits per heavy atom. The van der Waals surface area contributed by atoms with Crippen LogP contribution in [0.4, 0.5) is 0 Å². The van der Waals surface area contributed by atoms with Gasteiger partial charge in [0.15, 0.2) is 0 Å². The van der Waals surface area contributed by atoms with Gasteiger partial charge in [0.1, 0.15) is 13.2 Å². The van der Waals surface area contributed by atoms with Gasteiger partial charge < -0.3 is 9.47 Å². The van der Waals surface area contributed by atoms with Gasteiger partial charge >= 0.3 is 11.9 Å². The van der Waals surface area contributed by atoms with Crippen molar-refractivity contribution in [3.8, 4) is 0 Å². The molecular weight excluding hydrogens is 348 g/mol. The molecule has 0 bridgehead atoms. The van der Waals surface area contributed by atoms with Gasteiger partial charge in [0.25, 0.3) is 23.6 Å². The summed E-state index contributed by atoms with van der Waals surface area (Å²) in [4.78, 5) is 70.0. The van der Waals surface area contributed by atoms with Crippen LogP contribution in [-0.4, -0.2) is 71.7 Å². The first-order chi connectivity index (χ1) is 12.4. The predicted molar refractivity (Wildman–Crippen MR) is 82.9 cm³/mol. The van der Waals surface area contributed by atoms with Crippen molar-refractivity contribution in [1.82, 2.24) is 9.80 Å². The molecule has 2 aliphatic rings. The third-order valence-corrected chi connectivity index (χ3v) is 3.49. The van der Waals surface area contributed by atoms with Gasteiger partial charge in [0, 0.05) is 37.4 Å². The number of nitrogens with zero attached hydrogens (tertiary/aromatic N) is 2. The zero-order valence-corrected chi connectivity index (χ0v) is 13.7. The first-order valence-electron chi connectivity index (χ1n) is 7.77. The molecule has 0 saturated carbocycles. The summed E-state index contributed by atoms with van der Waals surface area (Å²) in [6, 6.07) is 0. The minimum Gasteiger partial charge on any atom is -0.462 e. The molecule has 0 atom stereocenters. The van der Waals surface area contributed by atoms with Gasteiger partial charge in [0.05, 0.1) is 12.8 Å². The predicted octanol–water partition coefficient (Wildman–Crippen LogP) is -1.30. The standard InChI is InChI=1S/C16H16N2O8/c19-11-1-2-12(20)17(11)7-5-15(23)25-9-10-26-16(24)6-8-18-13(21)3-4-14(18)22/h1-4H,5-10H2. The smallest absolute Gasteiger partial charge is 0.307 e. The Balaban J connectivity index is 1.54. The quantitative estimate of drug-likeness (QED) is 0.281. The lowest BCUT2D eigenvalue weighted by molar-refractivity contribution is -0.153. The number of ether oxygens (including phenoxy) is 2. The highest BCUT2D eigenvalue weighted by atomic mass is 16.6. The second kappa shape index (κ2) is 8.70. The van der Waals surface area contributed by atoms with Crippen molar-refractivity contribution in [3.63, 3.8) is 0 Å². The summed E-state index contributed by atoms with van der Waals surface area (Å²) in [7, 11) is 0. The Kier molecular flexibility index (Phi) is 6.36. The van der Waals surface area contributed by atoms with E-state index < -0.39 is 35.6 Å². The molecule has 0 saturated heterocycles. The fourth-order valence-corrected chi connectivity index (χ4v) is 2.16. The lowest BCUT2D eigenvalue weighted by Gasteiger charge is -2.13. The molecule has 2 rings (SSSR count). The minimum absolute atomic E-state index is 0.0881. The van der Waals surface area contributed by atoms with Crippen LogP contribution in [0.5, 0.6) is 0 Å². The van der Waals surface area contributed by atoms with E-state index in [4.69, 9.17) is 9.47 Å². The average molecular weight is 364 g/mol. The molecule has 2 heterocycles. The van der Waals surface area contributed by atoms with Gasteiger partial charge in [-0.3, -0.25) is 38.6 Å². The van der Waals surface area contributed by atoms with Crippen LogP contribution in [0.15, 0.2) is 24.3 Å². The summed E-state index contributed by atoms with van der Waals surface area (Å²) in [5.74, 6) is -3.23. The van der Waals surface area contributed by atoms with Gasteiger partial charge in [-0.25, -0.2) is 0 Å². The zero-order valence-electron chi connectivity index (χ0n) is 13.7. The van der Waals surface area contributed by atoms with Gasteiger partial charge in [-0.1, -0.05) is 0 Å². The average Bonchev–Trinajstić information content (AvgIpc) is 3.09. The molecule has 0 N–H and O–H groups in total. The lowest BCUT2D eigenvalue weighted by atomic mass is 10.4. The molecular formula is C16H16N2O8. The molecule has 10 nitrogen and oxygen atoms in total. The Bertz CT molecular complexity index is 613. The van der Waals surface area contributed by atoms with E-state index in [0.717, 1.165) is 34.1 Å². The lowest BCUT2D eigenvalue weighted by Crippen LogP contribution is -2.32. The first-order valence-corrected chi connectivity index (χ1v) is 7.77. The van der Waals surface area contributed by atoms with E-state index >= 15 is 0 Å². The maximum atomic E-state index is 11.5. The molecule has 0 unspecified atom stereocenters. The summed E-state index contributed by atoms with van der Waals surface area (Å²) in [6.07, 6.45) is 4.14. The molecule has 138 valence electrons. The van der Waals surface area contributed by atoms with Gasteiger partial charge in [-0.2, -0.15) is 0 Å². The van der Waals surface area contributed by atoms with Gasteiger partial charge in [-0.15, -0.1) is 0 Å². The normalized spacial score (nSPS) is 16.0. The number of carbonyl (C=O) groups excluding carboxylic acids is 6. The highest BCUT2D eigenvalue weighted by Crippen LogP contribution is 2.06. The molecule has 26 heavy (non-hydrogen) atoms. The third-order valence-electron chi connectivity index (χ3n) is 3.49. The van der Waals surface area contributed by atoms with E-state index in [2.05, 4.69) is 0 Å². The molecule has 0 spiro atoms. The zero-order chi connectivity index (χ0) is 19.1. The van der Waals surface area contributed by atoms with Crippen molar-refractivity contribution < 1.29 is 38.2 Å². The van der Waals surface area contributed by atoms with E-state index in [0.29, 0.717) is 0 Å². The van der Waals surface area contributed by atoms with Crippen LogP contribution >= 0.6 is 0 Å². The largest absolute Gasteiger partial charge is 0.462 e. The highest BCUT2D eigenvalue weighted by Gasteiger charge is 2.24. The number of esters is 2. The first kappa shape index (κ1) is 19.0. The summed E-state index contributed by atoms with van der Waals surface area (Å²) in [5, 5.41) is 0. The SMILES string of the molecule is O=C(CCN1C(=O)C=CC1=O)OCCOC(=O)CCN1C(=O)C=CC1=O. The number of carbonyl (C=O) groups is 6. The van der Waals surface area contributed by atoms with E-state index in [-0.39, 0.29) is 39.1 Å². The highest BCUT2D eigenvalue weighted by molar-refractivity contribution is 6.13. The Hall–Kier alpha value is -3.30. The molecule has 0 aromatic rings. The van der Waals surface area contributed by atoms with Crippen molar-refractivity contribution in [3.05, 3.63) is 24.3 Å². The summed E-state index contributed by atoms with van der Waals surface area (Å²) in [5.41, 5.74) is 0. The number of hydrogen-bond acceptors (Lipinski definition) is 8. The molecule has 0 aliphatic carbocycles. The van der Waals surface area contributed by atoms with E-state index in [1.165, 1.54) is 0 Å². The van der Waals surface area contributed by atoms with Crippen molar-refractivity contribution in [2.75, 3.05) is 26.3 Å². The molecule has 0 fully saturated rings. The number of rotatable bonds is 9. The van der Waals surface area contributed by atoms with Crippen LogP contribution in [0, 0.1) is 0 Å². The maximum Gasteiger partial charge on any atom is 0.307 e. The topological polar surface area (TPSA) is 127 Å². The van der Waals surface area contributed by atoms with Crippen molar-refractivity contribution >= 4 is 35.6 Å². The van der Waals surface area contributed by atoms with Crippen LogP contribution in [0.25, 0.3) is 0 Å². The number of hydrogen-bond donors (Lipinski definition) is 0. The number of imide groups is 2. The van der Waals surface area contributed by atoms with E-state index in [1.807, 2.05) is 0 Å². The Morgan fingerprint density at radius 2 is 0.962 bits per heavy atom. The second-order valence-electron chi connectivity index (χ2n) is 5.26. The van der Waals surface area contributed by atoms with Crippen molar-refractivity contribution in [1.29, 1.82) is 0 Å². The van der Waals surface area contributed by atoms with Crippen molar-refractivity contribution in [2.45, 2.75) is 12.8 Å². The molecule has 4 amide bonds. The fourth-order valence-electron chi connectivity index (χ4n) is 2.16. The maximum absolute atomic E-state index is 11.5. The van der Waals surface area contributed by atoms with Crippen LogP contribution in [-0.2, 0) is 38.2 Å². The molecule has 0 aromatic heterocycles. The van der Waals surface area contributed by atoms with Crippen LogP contribution in [0.2, 0.25) is 0 Å². The third kappa shape index (κ3) is 5.10. The monoisotopic (exact) mass is 364 g/mol. The van der Waals surface area contributed by atoms with Crippen LogP contribution < -0.4 is 0 Å². The van der Waals surface area contributed by atoms with Crippen LogP contribution in [0.1, 0.15) is 12.8 Å². The summed E-state index contributed by atoms with van der Waals surface area (Å²) < 4.78 is 9.64. The van der Waals surface area contributed by atoms with Crippen LogP contribution in [0.3, 0.4) is 0 Å². The van der Waals surface area contributed by atoms with Crippen molar-refractivity contribution in [2.24, 2.45) is 0 Å². The molecule has 0 radical (unpaired) electrons. The Morgan fingerprint density at radius 1 is 0.654 bits per heavy atom. The Labute approximate surface area is 148 Å². The molecule has 0 aromatic carbocycles. The summed E-state index contributed by atoms with van der Waals surface area (Å²) in [6.45, 7) is -0.549.